The average molecular weight is 185 g/mol. The van der Waals surface area contributed by atoms with E-state index in [1.54, 1.807) is 0 Å². The lowest BCUT2D eigenvalue weighted by molar-refractivity contribution is -0.387. The summed E-state index contributed by atoms with van der Waals surface area (Å²) in [6, 6.07) is 3.95. The van der Waals surface area contributed by atoms with Gasteiger partial charge in [-0.1, -0.05) is 12.1 Å². The molecule has 6 heteroatoms. The smallest absolute Gasteiger partial charge is 0.271 e. The van der Waals surface area contributed by atoms with Gasteiger partial charge in [0.1, 0.15) is 0 Å². The van der Waals surface area contributed by atoms with Crippen LogP contribution in [-0.2, 0) is 6.54 Å². The molecule has 0 radical (unpaired) electrons. The van der Waals surface area contributed by atoms with Gasteiger partial charge in [0.25, 0.3) is 0 Å². The van der Waals surface area contributed by atoms with Gasteiger partial charge < -0.3 is 0 Å². The highest BCUT2D eigenvalue weighted by Crippen LogP contribution is 2.19. The summed E-state index contributed by atoms with van der Waals surface area (Å²) in [5.74, 6) is 4.13. The van der Waals surface area contributed by atoms with E-state index in [0.29, 0.717) is 0 Å². The van der Waals surface area contributed by atoms with Gasteiger partial charge in [-0.05, 0) is 0 Å². The van der Waals surface area contributed by atoms with E-state index in [-0.39, 0.29) is 12.1 Å². The average Bonchev–Trinajstić information content (AvgIpc) is 2.08. The molecule has 0 amide bonds. The molecule has 0 aromatic heterocycles. The molecule has 0 aliphatic heterocycles. The lowest BCUT2D eigenvalue weighted by Crippen LogP contribution is -2.21. The number of halogens is 1. The highest BCUT2D eigenvalue weighted by Gasteiger charge is 2.16. The highest BCUT2D eigenvalue weighted by atomic mass is 19.1. The molecule has 0 aliphatic rings. The van der Waals surface area contributed by atoms with E-state index >= 15 is 0 Å². The van der Waals surface area contributed by atoms with Crippen LogP contribution in [0.5, 0.6) is 0 Å². The first-order valence-corrected chi connectivity index (χ1v) is 3.52. The minimum Gasteiger partial charge on any atom is -0.271 e. The Morgan fingerprint density at radius 1 is 1.62 bits per heavy atom. The molecule has 0 unspecified atom stereocenters. The topological polar surface area (TPSA) is 81.2 Å². The Bertz CT molecular complexity index is 330. The van der Waals surface area contributed by atoms with E-state index in [1.165, 1.54) is 12.1 Å². The summed E-state index contributed by atoms with van der Waals surface area (Å²) in [7, 11) is 0. The third-order valence-corrected chi connectivity index (χ3v) is 1.55. The number of nitrogens with two attached hydrogens (primary N) is 1. The van der Waals surface area contributed by atoms with Gasteiger partial charge >= 0.3 is 5.69 Å². The summed E-state index contributed by atoms with van der Waals surface area (Å²) < 4.78 is 13.2. The number of hydrogen-bond donors (Lipinski definition) is 2. The fraction of sp³-hybridized carbons (Fsp3) is 0.143. The summed E-state index contributed by atoms with van der Waals surface area (Å²) in [5, 5.41) is 10.3. The number of hydrazine groups is 1. The molecule has 1 aromatic carbocycles. The van der Waals surface area contributed by atoms with E-state index in [2.05, 4.69) is 5.43 Å². The van der Waals surface area contributed by atoms with Crippen LogP contribution in [0.3, 0.4) is 0 Å². The van der Waals surface area contributed by atoms with Crippen molar-refractivity contribution in [1.29, 1.82) is 0 Å². The molecule has 0 fully saturated rings. The first-order valence-electron chi connectivity index (χ1n) is 3.52. The number of nitro groups is 1. The molecular formula is C7H8FN3O2. The Hall–Kier alpha value is -1.53. The fourth-order valence-corrected chi connectivity index (χ4v) is 0.954. The van der Waals surface area contributed by atoms with E-state index in [1.807, 2.05) is 0 Å². The normalized spacial score (nSPS) is 10.0. The minimum atomic E-state index is -0.842. The minimum absolute atomic E-state index is 0.0630. The molecule has 70 valence electrons. The van der Waals surface area contributed by atoms with Crippen LogP contribution >= 0.6 is 0 Å². The molecule has 0 saturated carbocycles. The third kappa shape index (κ3) is 1.98. The Labute approximate surface area is 73.5 Å². The molecule has 1 rings (SSSR count). The van der Waals surface area contributed by atoms with E-state index < -0.39 is 16.4 Å². The van der Waals surface area contributed by atoms with E-state index in [9.17, 15) is 14.5 Å². The largest absolute Gasteiger partial charge is 0.305 e. The number of nitrogens with zero attached hydrogens (tertiary/aromatic N) is 1. The maximum absolute atomic E-state index is 13.2. The first kappa shape index (κ1) is 9.56. The van der Waals surface area contributed by atoms with Gasteiger partial charge in [0.05, 0.1) is 4.92 Å². The maximum Gasteiger partial charge on any atom is 0.305 e. The molecule has 1 aromatic rings. The molecule has 0 spiro atoms. The van der Waals surface area contributed by atoms with Gasteiger partial charge in [-0.2, -0.15) is 4.39 Å². The van der Waals surface area contributed by atoms with Gasteiger partial charge in [0.2, 0.25) is 5.82 Å². The van der Waals surface area contributed by atoms with Crippen LogP contribution in [0.25, 0.3) is 0 Å². The van der Waals surface area contributed by atoms with Crippen molar-refractivity contribution in [2.24, 2.45) is 5.84 Å². The summed E-state index contributed by atoms with van der Waals surface area (Å²) in [4.78, 5) is 9.52. The van der Waals surface area contributed by atoms with Crippen molar-refractivity contribution in [2.75, 3.05) is 0 Å². The maximum atomic E-state index is 13.2. The lowest BCUT2D eigenvalue weighted by atomic mass is 10.2. The zero-order chi connectivity index (χ0) is 9.84. The van der Waals surface area contributed by atoms with Crippen molar-refractivity contribution in [2.45, 2.75) is 6.54 Å². The van der Waals surface area contributed by atoms with Crippen molar-refractivity contribution in [3.63, 3.8) is 0 Å². The Morgan fingerprint density at radius 3 is 2.85 bits per heavy atom. The van der Waals surface area contributed by atoms with Crippen LogP contribution in [0.2, 0.25) is 0 Å². The fourth-order valence-electron chi connectivity index (χ4n) is 0.954. The zero-order valence-corrected chi connectivity index (χ0v) is 6.66. The van der Waals surface area contributed by atoms with Crippen molar-refractivity contribution in [1.82, 2.24) is 5.43 Å². The van der Waals surface area contributed by atoms with Crippen molar-refractivity contribution < 1.29 is 9.31 Å². The standard InChI is InChI=1S/C7H8FN3O2/c8-7-5(4-10-9)2-1-3-6(7)11(12)13/h1-3,10H,4,9H2. The van der Waals surface area contributed by atoms with Crippen molar-refractivity contribution >= 4 is 5.69 Å². The third-order valence-electron chi connectivity index (χ3n) is 1.55. The Morgan fingerprint density at radius 2 is 2.31 bits per heavy atom. The van der Waals surface area contributed by atoms with E-state index in [0.717, 1.165) is 6.07 Å². The predicted octanol–water partition coefficient (Wildman–Crippen LogP) is 0.697. The second-order valence-corrected chi connectivity index (χ2v) is 2.39. The molecule has 0 aliphatic carbocycles. The predicted molar refractivity (Wildman–Crippen MR) is 44.1 cm³/mol. The van der Waals surface area contributed by atoms with Gasteiger partial charge in [0.15, 0.2) is 0 Å². The quantitative estimate of drug-likeness (QED) is 0.412. The van der Waals surface area contributed by atoms with Crippen LogP contribution in [0.4, 0.5) is 10.1 Å². The Balaban J connectivity index is 3.10. The first-order chi connectivity index (χ1) is 6.16. The molecule has 0 saturated heterocycles. The summed E-state index contributed by atoms with van der Waals surface area (Å²) in [6.07, 6.45) is 0. The molecule has 3 N–H and O–H groups in total. The van der Waals surface area contributed by atoms with Gasteiger partial charge in [-0.25, -0.2) is 0 Å². The monoisotopic (exact) mass is 185 g/mol. The summed E-state index contributed by atoms with van der Waals surface area (Å²) in [6.45, 7) is 0.0630. The van der Waals surface area contributed by atoms with Crippen LogP contribution in [0, 0.1) is 15.9 Å². The zero-order valence-electron chi connectivity index (χ0n) is 6.66. The second kappa shape index (κ2) is 3.92. The summed E-state index contributed by atoms with van der Waals surface area (Å²) >= 11 is 0. The second-order valence-electron chi connectivity index (χ2n) is 2.39. The van der Waals surface area contributed by atoms with Gasteiger partial charge in [-0.15, -0.1) is 0 Å². The SMILES string of the molecule is NNCc1cccc([N+](=O)[O-])c1F. The number of rotatable bonds is 3. The van der Waals surface area contributed by atoms with Gasteiger partial charge in [0, 0.05) is 18.2 Å². The molecule has 13 heavy (non-hydrogen) atoms. The van der Waals surface area contributed by atoms with Crippen molar-refractivity contribution in [3.8, 4) is 0 Å². The highest BCUT2D eigenvalue weighted by molar-refractivity contribution is 5.36. The summed E-state index contributed by atoms with van der Waals surface area (Å²) in [5.41, 5.74) is 1.87. The molecule has 0 heterocycles. The van der Waals surface area contributed by atoms with E-state index in [4.69, 9.17) is 5.84 Å². The van der Waals surface area contributed by atoms with Crippen LogP contribution in [0.15, 0.2) is 18.2 Å². The number of benzene rings is 1. The number of hydrogen-bond acceptors (Lipinski definition) is 4. The molecule has 0 bridgehead atoms. The molecular weight excluding hydrogens is 177 g/mol. The van der Waals surface area contributed by atoms with Crippen molar-refractivity contribution in [3.05, 3.63) is 39.7 Å². The number of nitrogens with one attached hydrogen (secondary N) is 1. The number of nitro benzene ring substituents is 1. The lowest BCUT2D eigenvalue weighted by Gasteiger charge is -2.01. The van der Waals surface area contributed by atoms with Crippen LogP contribution in [0.1, 0.15) is 5.56 Å². The molecule has 0 atom stereocenters. The molecule has 5 nitrogen and oxygen atoms in total. The Kier molecular flexibility index (Phi) is 2.88. The van der Waals surface area contributed by atoms with Crippen LogP contribution < -0.4 is 11.3 Å². The van der Waals surface area contributed by atoms with Crippen LogP contribution in [-0.4, -0.2) is 4.92 Å². The van der Waals surface area contributed by atoms with Gasteiger partial charge in [-0.3, -0.25) is 21.4 Å².